The number of benzene rings is 2. The number of carboxylic acid groups (broad SMARTS) is 1. The van der Waals surface area contributed by atoms with Crippen LogP contribution in [0.4, 0.5) is 0 Å². The Bertz CT molecular complexity index is 662. The first-order chi connectivity index (χ1) is 10.6. The van der Waals surface area contributed by atoms with Gasteiger partial charge in [0.2, 0.25) is 0 Å². The van der Waals surface area contributed by atoms with Crippen LogP contribution in [0.25, 0.3) is 10.8 Å². The molecule has 22 heavy (non-hydrogen) atoms. The van der Waals surface area contributed by atoms with Gasteiger partial charge in [0.1, 0.15) is 0 Å². The molecule has 3 rings (SSSR count). The number of carboxylic acids is 1. The average molecular weight is 297 g/mol. The molecule has 116 valence electrons. The number of aliphatic carboxylic acids is 1. The van der Waals surface area contributed by atoms with E-state index in [1.54, 1.807) is 0 Å². The molecule has 0 aliphatic carbocycles. The Balaban J connectivity index is 1.58. The van der Waals surface area contributed by atoms with E-state index in [9.17, 15) is 9.90 Å². The normalized spacial score (nSPS) is 22.2. The number of rotatable bonds is 5. The van der Waals surface area contributed by atoms with Gasteiger partial charge >= 0.3 is 5.97 Å². The molecule has 1 saturated heterocycles. The first kappa shape index (κ1) is 15.0. The van der Waals surface area contributed by atoms with Gasteiger partial charge in [-0.1, -0.05) is 49.4 Å². The number of fused-ring (bicyclic) bond motifs is 1. The molecule has 1 N–H and O–H groups in total. The smallest absolute Gasteiger partial charge is 0.308 e. The Kier molecular flexibility index (Phi) is 4.44. The number of carbonyl (C=O) groups is 1. The molecule has 0 spiro atoms. The average Bonchev–Trinajstić information content (AvgIpc) is 2.89. The maximum atomic E-state index is 11.2. The number of hydrogen-bond donors (Lipinski definition) is 1. The van der Waals surface area contributed by atoms with Gasteiger partial charge in [-0.15, -0.1) is 0 Å². The molecule has 2 atom stereocenters. The lowest BCUT2D eigenvalue weighted by Crippen LogP contribution is -2.24. The zero-order chi connectivity index (χ0) is 15.5. The highest BCUT2D eigenvalue weighted by atomic mass is 16.4. The molecule has 0 unspecified atom stereocenters. The molecule has 3 nitrogen and oxygen atoms in total. The lowest BCUT2D eigenvalue weighted by molar-refractivity contribution is -0.142. The van der Waals surface area contributed by atoms with E-state index < -0.39 is 5.97 Å². The molecule has 0 radical (unpaired) electrons. The van der Waals surface area contributed by atoms with E-state index in [1.165, 1.54) is 16.3 Å². The van der Waals surface area contributed by atoms with Crippen LogP contribution in [0.3, 0.4) is 0 Å². The summed E-state index contributed by atoms with van der Waals surface area (Å²) >= 11 is 0. The summed E-state index contributed by atoms with van der Waals surface area (Å²) in [6.45, 7) is 4.64. The molecule has 3 heteroatoms. The zero-order valence-corrected chi connectivity index (χ0v) is 13.0. The van der Waals surface area contributed by atoms with E-state index in [2.05, 4.69) is 47.4 Å². The Morgan fingerprint density at radius 1 is 1.18 bits per heavy atom. The van der Waals surface area contributed by atoms with Crippen LogP contribution in [-0.2, 0) is 11.2 Å². The Morgan fingerprint density at radius 2 is 1.95 bits per heavy atom. The lowest BCUT2D eigenvalue weighted by Gasteiger charge is -2.15. The molecule has 0 aromatic heterocycles. The number of nitrogens with zero attached hydrogens (tertiary/aromatic N) is 1. The quantitative estimate of drug-likeness (QED) is 0.919. The van der Waals surface area contributed by atoms with Crippen molar-refractivity contribution in [3.8, 4) is 0 Å². The van der Waals surface area contributed by atoms with E-state index in [4.69, 9.17) is 0 Å². The molecule has 1 heterocycles. The molecular formula is C19H23NO2. The van der Waals surface area contributed by atoms with Crippen LogP contribution in [-0.4, -0.2) is 35.6 Å². The van der Waals surface area contributed by atoms with Gasteiger partial charge in [0, 0.05) is 13.1 Å². The van der Waals surface area contributed by atoms with Crippen LogP contribution >= 0.6 is 0 Å². The molecule has 1 aliphatic rings. The number of likely N-dealkylation sites (tertiary alicyclic amines) is 1. The van der Waals surface area contributed by atoms with Gasteiger partial charge in [0.25, 0.3) is 0 Å². The minimum Gasteiger partial charge on any atom is -0.481 e. The second-order valence-corrected chi connectivity index (χ2v) is 6.42. The Labute approximate surface area is 131 Å². The van der Waals surface area contributed by atoms with Crippen LogP contribution in [0.5, 0.6) is 0 Å². The van der Waals surface area contributed by atoms with E-state index in [0.717, 1.165) is 25.9 Å². The van der Waals surface area contributed by atoms with Crippen molar-refractivity contribution in [2.45, 2.75) is 19.8 Å². The van der Waals surface area contributed by atoms with Crippen LogP contribution in [0, 0.1) is 11.8 Å². The molecular weight excluding hydrogens is 274 g/mol. The third-order valence-corrected chi connectivity index (χ3v) is 4.81. The minimum atomic E-state index is -0.649. The third-order valence-electron chi connectivity index (χ3n) is 4.81. The fourth-order valence-electron chi connectivity index (χ4n) is 3.57. The fourth-order valence-corrected chi connectivity index (χ4v) is 3.57. The van der Waals surface area contributed by atoms with Crippen molar-refractivity contribution < 1.29 is 9.90 Å². The van der Waals surface area contributed by atoms with Crippen molar-refractivity contribution in [1.82, 2.24) is 4.90 Å². The molecule has 2 aromatic rings. The first-order valence-electron chi connectivity index (χ1n) is 8.07. The van der Waals surface area contributed by atoms with Crippen LogP contribution in [0.15, 0.2) is 42.5 Å². The first-order valence-corrected chi connectivity index (χ1v) is 8.07. The summed E-state index contributed by atoms with van der Waals surface area (Å²) in [6.07, 6.45) is 2.12. The predicted molar refractivity (Wildman–Crippen MR) is 89.0 cm³/mol. The van der Waals surface area contributed by atoms with E-state index in [-0.39, 0.29) is 11.8 Å². The summed E-state index contributed by atoms with van der Waals surface area (Å²) in [5.41, 5.74) is 1.39. The summed E-state index contributed by atoms with van der Waals surface area (Å²) < 4.78 is 0. The summed E-state index contributed by atoms with van der Waals surface area (Å²) in [5.74, 6) is -0.586. The van der Waals surface area contributed by atoms with Gasteiger partial charge in [-0.25, -0.2) is 0 Å². The van der Waals surface area contributed by atoms with Crippen molar-refractivity contribution >= 4 is 16.7 Å². The van der Waals surface area contributed by atoms with Crippen molar-refractivity contribution in [3.63, 3.8) is 0 Å². The summed E-state index contributed by atoms with van der Waals surface area (Å²) in [7, 11) is 0. The fraction of sp³-hybridized carbons (Fsp3) is 0.421. The summed E-state index contributed by atoms with van der Waals surface area (Å²) in [5, 5.41) is 11.8. The maximum Gasteiger partial charge on any atom is 0.308 e. The highest BCUT2D eigenvalue weighted by Crippen LogP contribution is 2.24. The second-order valence-electron chi connectivity index (χ2n) is 6.42. The molecule has 1 aliphatic heterocycles. The Hall–Kier alpha value is -1.87. The molecule has 0 amide bonds. The van der Waals surface area contributed by atoms with Crippen molar-refractivity contribution in [2.75, 3.05) is 19.6 Å². The lowest BCUT2D eigenvalue weighted by atomic mass is 9.99. The summed E-state index contributed by atoms with van der Waals surface area (Å²) in [6, 6.07) is 15.0. The van der Waals surface area contributed by atoms with Crippen molar-refractivity contribution in [3.05, 3.63) is 48.0 Å². The van der Waals surface area contributed by atoms with Crippen LogP contribution in [0.1, 0.15) is 18.9 Å². The van der Waals surface area contributed by atoms with Gasteiger partial charge in [-0.2, -0.15) is 0 Å². The van der Waals surface area contributed by atoms with E-state index in [1.807, 2.05) is 6.92 Å². The standard InChI is InChI=1S/C19H23NO2/c1-14-12-20(13-18(14)19(21)22)11-5-9-16-8-4-7-15-6-2-3-10-17(15)16/h2-4,6-8,10,14,18H,5,9,11-13H2,1H3,(H,21,22)/t14-,18-/m1/s1. The predicted octanol–water partition coefficient (Wildman–Crippen LogP) is 3.42. The van der Waals surface area contributed by atoms with Gasteiger partial charge in [0.05, 0.1) is 5.92 Å². The monoisotopic (exact) mass is 297 g/mol. The molecule has 1 fully saturated rings. The van der Waals surface area contributed by atoms with Gasteiger partial charge in [-0.3, -0.25) is 4.79 Å². The molecule has 0 saturated carbocycles. The highest BCUT2D eigenvalue weighted by Gasteiger charge is 2.34. The molecule has 2 aromatic carbocycles. The number of aryl methyl sites for hydroxylation is 1. The largest absolute Gasteiger partial charge is 0.481 e. The van der Waals surface area contributed by atoms with Crippen molar-refractivity contribution in [1.29, 1.82) is 0 Å². The third kappa shape index (κ3) is 3.14. The summed E-state index contributed by atoms with van der Waals surface area (Å²) in [4.78, 5) is 13.5. The SMILES string of the molecule is C[C@@H]1CN(CCCc2cccc3ccccc23)C[C@H]1C(=O)O. The topological polar surface area (TPSA) is 40.5 Å². The Morgan fingerprint density at radius 3 is 2.73 bits per heavy atom. The van der Waals surface area contributed by atoms with Crippen LogP contribution in [0.2, 0.25) is 0 Å². The van der Waals surface area contributed by atoms with E-state index >= 15 is 0 Å². The molecule has 0 bridgehead atoms. The van der Waals surface area contributed by atoms with Gasteiger partial charge in [-0.05, 0) is 41.6 Å². The van der Waals surface area contributed by atoms with Crippen LogP contribution < -0.4 is 0 Å². The zero-order valence-electron chi connectivity index (χ0n) is 13.0. The number of hydrogen-bond acceptors (Lipinski definition) is 2. The van der Waals surface area contributed by atoms with Gasteiger partial charge in [0.15, 0.2) is 0 Å². The second kappa shape index (κ2) is 6.49. The minimum absolute atomic E-state index is 0.197. The maximum absolute atomic E-state index is 11.2. The van der Waals surface area contributed by atoms with Crippen molar-refractivity contribution in [2.24, 2.45) is 11.8 Å². The van der Waals surface area contributed by atoms with E-state index in [0.29, 0.717) is 6.54 Å². The highest BCUT2D eigenvalue weighted by molar-refractivity contribution is 5.85. The van der Waals surface area contributed by atoms with Gasteiger partial charge < -0.3 is 10.0 Å².